The minimum Gasteiger partial charge on any atom is -0.369 e. The van der Waals surface area contributed by atoms with Crippen LogP contribution < -0.4 is 16.4 Å². The molecular formula is C25H28FN7. The van der Waals surface area contributed by atoms with Crippen molar-refractivity contribution >= 4 is 17.5 Å². The maximum absolute atomic E-state index is 15.1. The summed E-state index contributed by atoms with van der Waals surface area (Å²) in [6.45, 7) is 4.37. The zero-order chi connectivity index (χ0) is 22.9. The van der Waals surface area contributed by atoms with Crippen LogP contribution in [-0.2, 0) is 6.54 Å². The molecule has 4 N–H and O–H groups in total. The van der Waals surface area contributed by atoms with Gasteiger partial charge in [0.2, 0.25) is 0 Å². The van der Waals surface area contributed by atoms with Gasteiger partial charge in [-0.25, -0.2) is 9.37 Å². The molecule has 3 heterocycles. The molecule has 7 nitrogen and oxygen atoms in total. The third kappa shape index (κ3) is 4.15. The second-order valence-electron chi connectivity index (χ2n) is 8.52. The maximum Gasteiger partial charge on any atom is 0.199 e. The summed E-state index contributed by atoms with van der Waals surface area (Å²) < 4.78 is 15.1. The molecule has 2 aromatic carbocycles. The van der Waals surface area contributed by atoms with E-state index in [4.69, 9.17) is 11.5 Å². The number of anilines is 1. The first-order valence-corrected chi connectivity index (χ1v) is 11.1. The number of aromatic nitrogens is 1. The van der Waals surface area contributed by atoms with Crippen molar-refractivity contribution in [1.29, 1.82) is 0 Å². The fraction of sp³-hybridized carbons (Fsp3) is 0.280. The van der Waals surface area contributed by atoms with Crippen LogP contribution in [-0.4, -0.2) is 54.0 Å². The third-order valence-corrected chi connectivity index (χ3v) is 6.43. The van der Waals surface area contributed by atoms with Gasteiger partial charge < -0.3 is 21.3 Å². The molecule has 33 heavy (non-hydrogen) atoms. The molecule has 1 saturated heterocycles. The fourth-order valence-corrected chi connectivity index (χ4v) is 4.48. The lowest BCUT2D eigenvalue weighted by atomic mass is 10.0. The monoisotopic (exact) mass is 445 g/mol. The SMILES string of the molecule is CN1C(N)=Nc2nc(-c3c(F)cccc3N3CCN(Cc4ccccc4)CC3)ccc2C1N. The van der Waals surface area contributed by atoms with Gasteiger partial charge in [-0.05, 0) is 29.8 Å². The lowest BCUT2D eigenvalue weighted by Crippen LogP contribution is -2.46. The van der Waals surface area contributed by atoms with Crippen molar-refractivity contribution in [2.24, 2.45) is 16.5 Å². The van der Waals surface area contributed by atoms with Crippen molar-refractivity contribution < 1.29 is 4.39 Å². The number of benzene rings is 2. The van der Waals surface area contributed by atoms with E-state index in [0.29, 0.717) is 23.0 Å². The van der Waals surface area contributed by atoms with E-state index in [1.54, 1.807) is 18.0 Å². The Hall–Kier alpha value is -3.49. The van der Waals surface area contributed by atoms with Gasteiger partial charge in [0, 0.05) is 51.0 Å². The van der Waals surface area contributed by atoms with Gasteiger partial charge in [-0.3, -0.25) is 4.90 Å². The van der Waals surface area contributed by atoms with E-state index >= 15 is 4.39 Å². The summed E-state index contributed by atoms with van der Waals surface area (Å²) in [5.41, 5.74) is 16.2. The molecule has 2 aliphatic rings. The fourth-order valence-electron chi connectivity index (χ4n) is 4.48. The molecule has 8 heteroatoms. The highest BCUT2D eigenvalue weighted by Crippen LogP contribution is 2.36. The average Bonchev–Trinajstić information content (AvgIpc) is 2.83. The largest absolute Gasteiger partial charge is 0.369 e. The number of pyridine rings is 1. The number of nitrogens with two attached hydrogens (primary N) is 2. The molecule has 0 spiro atoms. The van der Waals surface area contributed by atoms with Crippen LogP contribution in [0.2, 0.25) is 0 Å². The van der Waals surface area contributed by atoms with Gasteiger partial charge in [0.25, 0.3) is 0 Å². The number of aliphatic imine (C=N–C) groups is 1. The number of nitrogens with zero attached hydrogens (tertiary/aromatic N) is 5. The molecular weight excluding hydrogens is 417 g/mol. The van der Waals surface area contributed by atoms with E-state index in [0.717, 1.165) is 44.0 Å². The highest BCUT2D eigenvalue weighted by Gasteiger charge is 2.26. The van der Waals surface area contributed by atoms with Crippen LogP contribution in [0, 0.1) is 5.82 Å². The second-order valence-corrected chi connectivity index (χ2v) is 8.52. The first kappa shape index (κ1) is 21.4. The van der Waals surface area contributed by atoms with Crippen molar-refractivity contribution in [2.45, 2.75) is 12.7 Å². The summed E-state index contributed by atoms with van der Waals surface area (Å²) in [4.78, 5) is 15.4. The van der Waals surface area contributed by atoms with Crippen molar-refractivity contribution in [3.8, 4) is 11.3 Å². The van der Waals surface area contributed by atoms with Crippen LogP contribution in [0.5, 0.6) is 0 Å². The number of guanidine groups is 1. The zero-order valence-electron chi connectivity index (χ0n) is 18.7. The molecule has 1 aromatic heterocycles. The molecule has 0 aliphatic carbocycles. The van der Waals surface area contributed by atoms with Crippen molar-refractivity contribution in [1.82, 2.24) is 14.8 Å². The average molecular weight is 446 g/mol. The Morgan fingerprint density at radius 1 is 0.970 bits per heavy atom. The Bertz CT molecular complexity index is 1170. The van der Waals surface area contributed by atoms with Gasteiger partial charge in [0.15, 0.2) is 11.8 Å². The van der Waals surface area contributed by atoms with Crippen LogP contribution in [0.4, 0.5) is 15.9 Å². The normalized spacial score (nSPS) is 18.8. The van der Waals surface area contributed by atoms with Gasteiger partial charge >= 0.3 is 0 Å². The summed E-state index contributed by atoms with van der Waals surface area (Å²) in [6, 6.07) is 19.3. The topological polar surface area (TPSA) is 87.0 Å². The third-order valence-electron chi connectivity index (χ3n) is 6.43. The molecule has 170 valence electrons. The second kappa shape index (κ2) is 8.80. The van der Waals surface area contributed by atoms with E-state index in [9.17, 15) is 0 Å². The number of halogens is 1. The van der Waals surface area contributed by atoms with Crippen LogP contribution in [0.25, 0.3) is 11.3 Å². The van der Waals surface area contributed by atoms with Gasteiger partial charge in [0.05, 0.1) is 11.3 Å². The van der Waals surface area contributed by atoms with Crippen molar-refractivity contribution in [2.75, 3.05) is 38.1 Å². The predicted molar refractivity (Wildman–Crippen MR) is 130 cm³/mol. The number of hydrogen-bond acceptors (Lipinski definition) is 7. The summed E-state index contributed by atoms with van der Waals surface area (Å²) in [5, 5.41) is 0. The first-order chi connectivity index (χ1) is 16.0. The minimum atomic E-state index is -0.433. The van der Waals surface area contributed by atoms with Gasteiger partial charge in [-0.2, -0.15) is 4.99 Å². The molecule has 2 aliphatic heterocycles. The molecule has 1 fully saturated rings. The standard InChI is InChI=1S/C25H28FN7/c1-31-23(27)18-10-11-20(29-24(18)30-25(31)28)22-19(26)8-5-9-21(22)33-14-12-32(13-15-33)16-17-6-3-2-4-7-17/h2-11,23H,12-16,27H2,1H3,(H2,28,29,30). The van der Waals surface area contributed by atoms with Crippen LogP contribution in [0.15, 0.2) is 65.7 Å². The van der Waals surface area contributed by atoms with E-state index < -0.39 is 6.17 Å². The van der Waals surface area contributed by atoms with Crippen LogP contribution in [0.1, 0.15) is 17.3 Å². The van der Waals surface area contributed by atoms with Gasteiger partial charge in [0.1, 0.15) is 12.0 Å². The van der Waals surface area contributed by atoms with E-state index in [2.05, 4.69) is 44.0 Å². The summed E-state index contributed by atoms with van der Waals surface area (Å²) in [5.74, 6) is 0.432. The molecule has 1 unspecified atom stereocenters. The number of hydrogen-bond donors (Lipinski definition) is 2. The molecule has 0 radical (unpaired) electrons. The summed E-state index contributed by atoms with van der Waals surface area (Å²) in [7, 11) is 1.78. The molecule has 0 saturated carbocycles. The lowest BCUT2D eigenvalue weighted by molar-refractivity contribution is 0.250. The van der Waals surface area contributed by atoms with Crippen LogP contribution in [0.3, 0.4) is 0 Å². The number of piperazine rings is 1. The highest BCUT2D eigenvalue weighted by molar-refractivity contribution is 5.84. The molecule has 0 bridgehead atoms. The first-order valence-electron chi connectivity index (χ1n) is 11.1. The number of rotatable bonds is 4. The van der Waals surface area contributed by atoms with Crippen molar-refractivity contribution in [3.05, 3.63) is 77.6 Å². The summed E-state index contributed by atoms with van der Waals surface area (Å²) >= 11 is 0. The van der Waals surface area contributed by atoms with E-state index in [-0.39, 0.29) is 5.82 Å². The summed E-state index contributed by atoms with van der Waals surface area (Å²) in [6.07, 6.45) is -0.433. The smallest absolute Gasteiger partial charge is 0.199 e. The number of fused-ring (bicyclic) bond motifs is 1. The zero-order valence-corrected chi connectivity index (χ0v) is 18.7. The molecule has 5 rings (SSSR count). The lowest BCUT2D eigenvalue weighted by Gasteiger charge is -2.37. The highest BCUT2D eigenvalue weighted by atomic mass is 19.1. The Labute approximate surface area is 193 Å². The minimum absolute atomic E-state index is 0.294. The Morgan fingerprint density at radius 3 is 2.48 bits per heavy atom. The van der Waals surface area contributed by atoms with E-state index in [1.807, 2.05) is 24.3 Å². The predicted octanol–water partition coefficient (Wildman–Crippen LogP) is 3.06. The van der Waals surface area contributed by atoms with Crippen molar-refractivity contribution in [3.63, 3.8) is 0 Å². The Kier molecular flexibility index (Phi) is 5.70. The van der Waals surface area contributed by atoms with Gasteiger partial charge in [-0.15, -0.1) is 0 Å². The van der Waals surface area contributed by atoms with Crippen LogP contribution >= 0.6 is 0 Å². The maximum atomic E-state index is 15.1. The molecule has 1 atom stereocenters. The quantitative estimate of drug-likeness (QED) is 0.642. The van der Waals surface area contributed by atoms with E-state index in [1.165, 1.54) is 11.6 Å². The Balaban J connectivity index is 1.40. The van der Waals surface area contributed by atoms with Gasteiger partial charge in [-0.1, -0.05) is 36.4 Å². The molecule has 0 amide bonds. The molecule has 3 aromatic rings. The Morgan fingerprint density at radius 2 is 1.73 bits per heavy atom.